The Hall–Kier alpha value is -1.22. The van der Waals surface area contributed by atoms with E-state index in [0.717, 1.165) is 7.11 Å². The number of carbonyl (C=O) groups excluding carboxylic acids is 2. The molecule has 1 aliphatic rings. The van der Waals surface area contributed by atoms with Gasteiger partial charge in [0.2, 0.25) is 0 Å². The lowest BCUT2D eigenvalue weighted by atomic mass is 10.2. The smallest absolute Gasteiger partial charge is 0.178 e. The van der Waals surface area contributed by atoms with E-state index in [4.69, 9.17) is 5.11 Å². The molecular weight excluding hydrogens is 132 g/mol. The van der Waals surface area contributed by atoms with Crippen LogP contribution in [0.3, 0.4) is 0 Å². The number of aliphatic hydroxyl groups excluding tert-OH is 1. The van der Waals surface area contributed by atoms with Gasteiger partial charge in [0.15, 0.2) is 11.6 Å². The first kappa shape index (κ1) is 8.78. The average Bonchev–Trinajstić information content (AvgIpc) is 2.00. The second-order valence-electron chi connectivity index (χ2n) is 1.47. The minimum Gasteiger partial charge on any atom is -0.400 e. The maximum Gasteiger partial charge on any atom is 0.178 e. The van der Waals surface area contributed by atoms with Crippen LogP contribution in [0.4, 0.5) is 0 Å². The topological polar surface area (TPSA) is 54.4 Å². The molecular formula is C7H8O3. The molecule has 0 aromatic rings. The van der Waals surface area contributed by atoms with Gasteiger partial charge < -0.3 is 5.11 Å². The van der Waals surface area contributed by atoms with Crippen molar-refractivity contribution in [3.05, 3.63) is 24.3 Å². The summed E-state index contributed by atoms with van der Waals surface area (Å²) in [5.74, 6) is -0.241. The van der Waals surface area contributed by atoms with Crippen molar-refractivity contribution in [2.45, 2.75) is 0 Å². The van der Waals surface area contributed by atoms with Crippen molar-refractivity contribution in [1.29, 1.82) is 0 Å². The fourth-order valence-corrected chi connectivity index (χ4v) is 0.440. The number of hydrogen-bond acceptors (Lipinski definition) is 3. The van der Waals surface area contributed by atoms with Crippen LogP contribution >= 0.6 is 0 Å². The minimum absolute atomic E-state index is 0.121. The van der Waals surface area contributed by atoms with E-state index in [0.29, 0.717) is 0 Å². The summed E-state index contributed by atoms with van der Waals surface area (Å²) < 4.78 is 0. The van der Waals surface area contributed by atoms with Crippen molar-refractivity contribution in [1.82, 2.24) is 0 Å². The monoisotopic (exact) mass is 140 g/mol. The first-order chi connectivity index (χ1) is 4.79. The molecule has 1 N–H and O–H groups in total. The van der Waals surface area contributed by atoms with Crippen LogP contribution in [0.1, 0.15) is 0 Å². The predicted octanol–water partition coefficient (Wildman–Crippen LogP) is -0.141. The molecule has 0 amide bonds. The van der Waals surface area contributed by atoms with Gasteiger partial charge in [-0.25, -0.2) is 0 Å². The number of ketones is 2. The van der Waals surface area contributed by atoms with E-state index in [-0.39, 0.29) is 11.6 Å². The van der Waals surface area contributed by atoms with Crippen molar-refractivity contribution in [3.63, 3.8) is 0 Å². The van der Waals surface area contributed by atoms with E-state index in [1.165, 1.54) is 24.3 Å². The van der Waals surface area contributed by atoms with Gasteiger partial charge in [-0.1, -0.05) is 0 Å². The van der Waals surface area contributed by atoms with Crippen molar-refractivity contribution in [3.8, 4) is 0 Å². The zero-order valence-electron chi connectivity index (χ0n) is 5.57. The van der Waals surface area contributed by atoms with E-state index in [9.17, 15) is 9.59 Å². The third kappa shape index (κ3) is 2.94. The van der Waals surface area contributed by atoms with Crippen molar-refractivity contribution < 1.29 is 14.7 Å². The van der Waals surface area contributed by atoms with Crippen LogP contribution in [0.25, 0.3) is 0 Å². The molecule has 0 aromatic carbocycles. The van der Waals surface area contributed by atoms with Crippen LogP contribution in [0.2, 0.25) is 0 Å². The van der Waals surface area contributed by atoms with E-state index in [1.54, 1.807) is 0 Å². The van der Waals surface area contributed by atoms with E-state index < -0.39 is 0 Å². The lowest BCUT2D eigenvalue weighted by Gasteiger charge is -1.87. The Morgan fingerprint density at radius 1 is 0.900 bits per heavy atom. The van der Waals surface area contributed by atoms with Crippen molar-refractivity contribution in [2.75, 3.05) is 7.11 Å². The molecule has 10 heavy (non-hydrogen) atoms. The molecule has 1 rings (SSSR count). The van der Waals surface area contributed by atoms with Gasteiger partial charge in [-0.15, -0.1) is 0 Å². The van der Waals surface area contributed by atoms with Gasteiger partial charge >= 0.3 is 0 Å². The molecule has 54 valence electrons. The zero-order chi connectivity index (χ0) is 7.98. The molecule has 1 aliphatic carbocycles. The summed E-state index contributed by atoms with van der Waals surface area (Å²) in [6.45, 7) is 0. The molecule has 0 saturated carbocycles. The Morgan fingerprint density at radius 3 is 1.30 bits per heavy atom. The van der Waals surface area contributed by atoms with Crippen molar-refractivity contribution >= 4 is 11.6 Å². The highest BCUT2D eigenvalue weighted by atomic mass is 16.2. The summed E-state index contributed by atoms with van der Waals surface area (Å²) in [4.78, 5) is 20.6. The summed E-state index contributed by atoms with van der Waals surface area (Å²) >= 11 is 0. The van der Waals surface area contributed by atoms with Crippen LogP contribution in [0.15, 0.2) is 24.3 Å². The summed E-state index contributed by atoms with van der Waals surface area (Å²) in [6, 6.07) is 0. The quantitative estimate of drug-likeness (QED) is 0.476. The third-order valence-corrected chi connectivity index (χ3v) is 0.824. The lowest BCUT2D eigenvalue weighted by Crippen LogP contribution is -1.97. The average molecular weight is 140 g/mol. The molecule has 0 radical (unpaired) electrons. The second-order valence-corrected chi connectivity index (χ2v) is 1.47. The van der Waals surface area contributed by atoms with Gasteiger partial charge in [-0.05, 0) is 24.3 Å². The number of aliphatic hydroxyl groups is 1. The molecule has 0 aliphatic heterocycles. The van der Waals surface area contributed by atoms with Gasteiger partial charge in [-0.2, -0.15) is 0 Å². The minimum atomic E-state index is -0.121. The Kier molecular flexibility index (Phi) is 4.07. The molecule has 3 heteroatoms. The Morgan fingerprint density at radius 2 is 1.10 bits per heavy atom. The molecule has 0 aromatic heterocycles. The Bertz CT molecular complexity index is 151. The maximum absolute atomic E-state index is 10.3. The SMILES string of the molecule is CO.O=C1C=CC(=O)C=C1. The number of rotatable bonds is 0. The van der Waals surface area contributed by atoms with Crippen LogP contribution in [-0.2, 0) is 9.59 Å². The molecule has 0 atom stereocenters. The number of allylic oxidation sites excluding steroid dienone is 4. The molecule has 3 nitrogen and oxygen atoms in total. The highest BCUT2D eigenvalue weighted by molar-refractivity contribution is 6.14. The first-order valence-electron chi connectivity index (χ1n) is 2.68. The molecule has 0 bridgehead atoms. The van der Waals surface area contributed by atoms with Gasteiger partial charge in [0.05, 0.1) is 0 Å². The van der Waals surface area contributed by atoms with E-state index in [2.05, 4.69) is 0 Å². The summed E-state index contributed by atoms with van der Waals surface area (Å²) in [6.07, 6.45) is 5.01. The lowest BCUT2D eigenvalue weighted by molar-refractivity contribution is -0.113. The summed E-state index contributed by atoms with van der Waals surface area (Å²) in [5.41, 5.74) is 0. The molecule has 0 saturated heterocycles. The molecule has 0 heterocycles. The van der Waals surface area contributed by atoms with Gasteiger partial charge in [-0.3, -0.25) is 9.59 Å². The largest absolute Gasteiger partial charge is 0.400 e. The Balaban J connectivity index is 0.000000371. The zero-order valence-corrected chi connectivity index (χ0v) is 5.57. The second kappa shape index (κ2) is 4.64. The fourth-order valence-electron chi connectivity index (χ4n) is 0.440. The van der Waals surface area contributed by atoms with Crippen LogP contribution in [0.5, 0.6) is 0 Å². The first-order valence-corrected chi connectivity index (χ1v) is 2.68. The predicted molar refractivity (Wildman–Crippen MR) is 36.4 cm³/mol. The highest BCUT2D eigenvalue weighted by Gasteiger charge is 1.97. The third-order valence-electron chi connectivity index (χ3n) is 0.824. The van der Waals surface area contributed by atoms with Crippen molar-refractivity contribution in [2.24, 2.45) is 0 Å². The molecule has 0 spiro atoms. The summed E-state index contributed by atoms with van der Waals surface area (Å²) in [7, 11) is 1.00. The van der Waals surface area contributed by atoms with Gasteiger partial charge in [0, 0.05) is 7.11 Å². The van der Waals surface area contributed by atoms with Gasteiger partial charge in [0.1, 0.15) is 0 Å². The van der Waals surface area contributed by atoms with E-state index >= 15 is 0 Å². The van der Waals surface area contributed by atoms with Crippen LogP contribution < -0.4 is 0 Å². The Labute approximate surface area is 58.7 Å². The standard InChI is InChI=1S/C6H4O2.CH4O/c7-5-1-2-6(8)4-3-5;1-2/h1-4H;2H,1H3. The van der Waals surface area contributed by atoms with E-state index in [1.807, 2.05) is 0 Å². The van der Waals surface area contributed by atoms with Gasteiger partial charge in [0.25, 0.3) is 0 Å². The summed E-state index contributed by atoms with van der Waals surface area (Å²) in [5, 5.41) is 7.00. The normalized spacial score (nSPS) is 14.6. The van der Waals surface area contributed by atoms with Crippen LogP contribution in [0, 0.1) is 0 Å². The highest BCUT2D eigenvalue weighted by Crippen LogP contribution is 1.90. The molecule has 0 fully saturated rings. The van der Waals surface area contributed by atoms with Crippen LogP contribution in [-0.4, -0.2) is 23.8 Å². The fraction of sp³-hybridized carbons (Fsp3) is 0.143. The maximum atomic E-state index is 10.3. The number of carbonyl (C=O) groups is 2. The number of hydrogen-bond donors (Lipinski definition) is 1. The molecule has 0 unspecified atom stereocenters.